The lowest BCUT2D eigenvalue weighted by Crippen LogP contribution is -2.21. The molecule has 3 rings (SSSR count). The predicted octanol–water partition coefficient (Wildman–Crippen LogP) is 5.76. The van der Waals surface area contributed by atoms with Crippen LogP contribution >= 0.6 is 11.3 Å². The van der Waals surface area contributed by atoms with Crippen LogP contribution in [0.2, 0.25) is 0 Å². The van der Waals surface area contributed by atoms with Gasteiger partial charge in [0.1, 0.15) is 12.1 Å². The number of ketones is 1. The molecule has 2 unspecified atom stereocenters. The third-order valence-corrected chi connectivity index (χ3v) is 7.02. The van der Waals surface area contributed by atoms with Crippen molar-refractivity contribution in [3.63, 3.8) is 0 Å². The number of Topliss-reactive ketones (excluding diaryl/α,β-unsaturated/α-hetero) is 1. The van der Waals surface area contributed by atoms with Crippen LogP contribution in [0.1, 0.15) is 57.8 Å². The first-order valence-corrected chi connectivity index (χ1v) is 12.1. The number of aromatic nitrogens is 1. The Bertz CT molecular complexity index is 1170. The molecule has 0 aliphatic rings. The van der Waals surface area contributed by atoms with Crippen molar-refractivity contribution in [2.45, 2.75) is 43.7 Å². The van der Waals surface area contributed by atoms with Crippen molar-refractivity contribution in [3.05, 3.63) is 63.9 Å². The molecule has 36 heavy (non-hydrogen) atoms. The molecule has 6 nitrogen and oxygen atoms in total. The van der Waals surface area contributed by atoms with Gasteiger partial charge in [-0.1, -0.05) is 0 Å². The van der Waals surface area contributed by atoms with Gasteiger partial charge < -0.3 is 15.1 Å². The first kappa shape index (κ1) is 27.5. The molecule has 3 aromatic rings. The monoisotopic (exact) mass is 525 g/mol. The first-order valence-electron chi connectivity index (χ1n) is 11.3. The highest BCUT2D eigenvalue weighted by Crippen LogP contribution is 2.39. The molecule has 2 atom stereocenters. The molecular weight excluding hydrogens is 498 g/mol. The van der Waals surface area contributed by atoms with Gasteiger partial charge in [-0.3, -0.25) is 9.59 Å². The number of nitrogens with two attached hydrogens (primary N) is 1. The largest absolute Gasteiger partial charge is 0.455 e. The molecule has 0 aliphatic heterocycles. The normalized spacial score (nSPS) is 13.6. The number of alkyl halides is 3. The fraction of sp³-hybridized carbons (Fsp3) is 0.400. The zero-order valence-electron chi connectivity index (χ0n) is 19.8. The Morgan fingerprint density at radius 2 is 1.78 bits per heavy atom. The van der Waals surface area contributed by atoms with Gasteiger partial charge in [0.15, 0.2) is 0 Å². The van der Waals surface area contributed by atoms with Crippen LogP contribution in [-0.4, -0.2) is 48.4 Å². The van der Waals surface area contributed by atoms with E-state index < -0.39 is 22.7 Å². The predicted molar refractivity (Wildman–Crippen MR) is 128 cm³/mol. The van der Waals surface area contributed by atoms with E-state index >= 15 is 0 Å². The average Bonchev–Trinajstić information content (AvgIpc) is 3.48. The maximum absolute atomic E-state index is 13.3. The quantitative estimate of drug-likeness (QED) is 0.240. The summed E-state index contributed by atoms with van der Waals surface area (Å²) in [5.41, 5.74) is 6.60. The number of carbonyl (C=O) groups excluding carboxylic acids is 2. The van der Waals surface area contributed by atoms with Gasteiger partial charge in [0, 0.05) is 22.8 Å². The third-order valence-electron chi connectivity index (χ3n) is 5.77. The molecule has 11 heteroatoms. The van der Waals surface area contributed by atoms with E-state index in [4.69, 9.17) is 10.2 Å². The van der Waals surface area contributed by atoms with Crippen LogP contribution < -0.4 is 5.73 Å². The van der Waals surface area contributed by atoms with Gasteiger partial charge in [0.05, 0.1) is 10.6 Å². The SMILES string of the molecule is CN(C)CCC(CC(CCC(N)=O)c1ccc(C(=O)C(F)(F)F)s1)c1coc(-c2ccc(F)cc2)n1. The summed E-state index contributed by atoms with van der Waals surface area (Å²) in [5, 5.41) is 0. The van der Waals surface area contributed by atoms with E-state index in [-0.39, 0.29) is 24.1 Å². The maximum Gasteiger partial charge on any atom is 0.455 e. The lowest BCUT2D eigenvalue weighted by Gasteiger charge is -2.23. The molecule has 0 radical (unpaired) electrons. The summed E-state index contributed by atoms with van der Waals surface area (Å²) < 4.78 is 57.7. The maximum atomic E-state index is 13.3. The fourth-order valence-electron chi connectivity index (χ4n) is 3.87. The van der Waals surface area contributed by atoms with E-state index in [9.17, 15) is 27.2 Å². The summed E-state index contributed by atoms with van der Waals surface area (Å²) in [6.45, 7) is 0.703. The Hall–Kier alpha value is -3.05. The molecule has 0 saturated carbocycles. The average molecular weight is 526 g/mol. The Morgan fingerprint density at radius 1 is 1.08 bits per heavy atom. The van der Waals surface area contributed by atoms with E-state index in [1.807, 2.05) is 19.0 Å². The highest BCUT2D eigenvalue weighted by molar-refractivity contribution is 7.14. The Kier molecular flexibility index (Phi) is 9.02. The van der Waals surface area contributed by atoms with Crippen LogP contribution in [0.15, 0.2) is 47.1 Å². The number of hydrogen-bond acceptors (Lipinski definition) is 6. The van der Waals surface area contributed by atoms with Gasteiger partial charge >= 0.3 is 6.18 Å². The number of halogens is 4. The Morgan fingerprint density at radius 3 is 2.39 bits per heavy atom. The zero-order chi connectivity index (χ0) is 26.5. The first-order chi connectivity index (χ1) is 16.9. The van der Waals surface area contributed by atoms with Crippen molar-refractivity contribution in [2.75, 3.05) is 20.6 Å². The molecule has 0 spiro atoms. The molecule has 0 fully saturated rings. The van der Waals surface area contributed by atoms with Crippen molar-refractivity contribution in [1.82, 2.24) is 9.88 Å². The number of thiophene rings is 1. The molecule has 0 aliphatic carbocycles. The van der Waals surface area contributed by atoms with Gasteiger partial charge in [0.2, 0.25) is 11.8 Å². The van der Waals surface area contributed by atoms with Gasteiger partial charge in [-0.05, 0) is 82.2 Å². The van der Waals surface area contributed by atoms with Crippen LogP contribution in [0.4, 0.5) is 17.6 Å². The highest BCUT2D eigenvalue weighted by atomic mass is 32.1. The third kappa shape index (κ3) is 7.47. The van der Waals surface area contributed by atoms with Crippen LogP contribution in [0.3, 0.4) is 0 Å². The summed E-state index contributed by atoms with van der Waals surface area (Å²) >= 11 is 0.781. The topological polar surface area (TPSA) is 89.4 Å². The number of amides is 1. The highest BCUT2D eigenvalue weighted by Gasteiger charge is 2.40. The molecule has 1 aromatic carbocycles. The number of rotatable bonds is 12. The van der Waals surface area contributed by atoms with Crippen LogP contribution in [-0.2, 0) is 4.79 Å². The second kappa shape index (κ2) is 11.8. The smallest absolute Gasteiger partial charge is 0.444 e. The molecule has 1 amide bonds. The summed E-state index contributed by atoms with van der Waals surface area (Å²) in [5.74, 6) is -2.96. The summed E-state index contributed by atoms with van der Waals surface area (Å²) in [4.78, 5) is 30.0. The minimum Gasteiger partial charge on any atom is -0.444 e. The number of nitrogens with zero attached hydrogens (tertiary/aromatic N) is 2. The second-order valence-electron chi connectivity index (χ2n) is 8.84. The standard InChI is InChI=1S/C25H27F4N3O3S/c1-32(2)12-11-16(19-14-35-24(31-19)15-3-6-18(26)7-4-15)13-17(5-10-22(30)33)20-8-9-21(36-20)23(34)25(27,28)29/h3-4,6-9,14,16-17H,5,10-13H2,1-2H3,(H2,30,33). The molecule has 0 saturated heterocycles. The second-order valence-corrected chi connectivity index (χ2v) is 9.96. The molecule has 2 heterocycles. The minimum absolute atomic E-state index is 0.0468. The molecule has 194 valence electrons. The van der Waals surface area contributed by atoms with E-state index in [2.05, 4.69) is 4.98 Å². The van der Waals surface area contributed by atoms with E-state index in [0.29, 0.717) is 47.8 Å². The summed E-state index contributed by atoms with van der Waals surface area (Å²) in [6, 6.07) is 8.40. The summed E-state index contributed by atoms with van der Waals surface area (Å²) in [7, 11) is 3.84. The lowest BCUT2D eigenvalue weighted by atomic mass is 9.86. The van der Waals surface area contributed by atoms with Gasteiger partial charge in [-0.25, -0.2) is 9.37 Å². The van der Waals surface area contributed by atoms with E-state index in [1.54, 1.807) is 12.1 Å². The van der Waals surface area contributed by atoms with Gasteiger partial charge in [0.25, 0.3) is 5.78 Å². The number of oxazole rings is 1. The number of primary amides is 1. The number of benzene rings is 1. The summed E-state index contributed by atoms with van der Waals surface area (Å²) in [6.07, 6.45) is -1.96. The van der Waals surface area contributed by atoms with E-state index in [0.717, 1.165) is 11.3 Å². The number of hydrogen-bond donors (Lipinski definition) is 1. The Labute approximate surface area is 210 Å². The van der Waals surface area contributed by atoms with Crippen molar-refractivity contribution in [1.29, 1.82) is 0 Å². The molecular formula is C25H27F4N3O3S. The van der Waals surface area contributed by atoms with Gasteiger partial charge in [-0.15, -0.1) is 11.3 Å². The van der Waals surface area contributed by atoms with Gasteiger partial charge in [-0.2, -0.15) is 13.2 Å². The molecule has 2 aromatic heterocycles. The molecule has 2 N–H and O–H groups in total. The fourth-order valence-corrected chi connectivity index (χ4v) is 4.98. The number of carbonyl (C=O) groups is 2. The lowest BCUT2D eigenvalue weighted by molar-refractivity contribution is -0.118. The van der Waals surface area contributed by atoms with Crippen molar-refractivity contribution < 1.29 is 31.6 Å². The van der Waals surface area contributed by atoms with Crippen LogP contribution in [0, 0.1) is 5.82 Å². The van der Waals surface area contributed by atoms with Crippen molar-refractivity contribution in [3.8, 4) is 11.5 Å². The van der Waals surface area contributed by atoms with Crippen molar-refractivity contribution in [2.24, 2.45) is 5.73 Å². The van der Waals surface area contributed by atoms with E-state index in [1.165, 1.54) is 30.5 Å². The van der Waals surface area contributed by atoms with Crippen LogP contribution in [0.5, 0.6) is 0 Å². The Balaban J connectivity index is 1.89. The molecule has 0 bridgehead atoms. The minimum atomic E-state index is -4.96. The zero-order valence-corrected chi connectivity index (χ0v) is 20.7. The van der Waals surface area contributed by atoms with Crippen LogP contribution in [0.25, 0.3) is 11.5 Å². The van der Waals surface area contributed by atoms with Crippen molar-refractivity contribution >= 4 is 23.0 Å².